The molecule has 5 heteroatoms. The number of hydrogen-bond donors (Lipinski definition) is 2. The molecule has 0 fully saturated rings. The number of hydrogen-bond acceptors (Lipinski definition) is 4. The van der Waals surface area contributed by atoms with Crippen LogP contribution in [0.3, 0.4) is 0 Å². The summed E-state index contributed by atoms with van der Waals surface area (Å²) in [5, 5.41) is 11.0. The number of ether oxygens (including phenoxy) is 1. The zero-order valence-corrected chi connectivity index (χ0v) is 15.8. The highest BCUT2D eigenvalue weighted by Gasteiger charge is 2.23. The van der Waals surface area contributed by atoms with Crippen LogP contribution in [0.2, 0.25) is 0 Å². The molecule has 1 aromatic heterocycles. The Morgan fingerprint density at radius 3 is 2.17 bits per heavy atom. The van der Waals surface area contributed by atoms with Gasteiger partial charge in [-0.05, 0) is 35.7 Å². The molecule has 0 spiro atoms. The molecule has 0 bridgehead atoms. The fourth-order valence-corrected chi connectivity index (χ4v) is 3.47. The third kappa shape index (κ3) is 3.38. The molecule has 3 aromatic carbocycles. The Labute approximate surface area is 167 Å². The van der Waals surface area contributed by atoms with Crippen LogP contribution in [0.5, 0.6) is 5.75 Å². The standard InChI is InChI=1S/C24H19NO4/c1-2-29-24(28)21-18-13-17(15-9-5-3-6-10-15)14-19(26)20(18)23(27)25-22(21)16-11-7-4-8-12-16/h3-14,26H,2H2,1H3,(H,25,27). The summed E-state index contributed by atoms with van der Waals surface area (Å²) in [6.07, 6.45) is 0. The summed E-state index contributed by atoms with van der Waals surface area (Å²) >= 11 is 0. The zero-order valence-electron chi connectivity index (χ0n) is 15.8. The number of aromatic hydroxyl groups is 1. The largest absolute Gasteiger partial charge is 0.507 e. The molecule has 4 rings (SSSR count). The van der Waals surface area contributed by atoms with Crippen LogP contribution >= 0.6 is 0 Å². The van der Waals surface area contributed by atoms with Crippen LogP contribution in [0, 0.1) is 0 Å². The van der Waals surface area contributed by atoms with E-state index in [9.17, 15) is 14.7 Å². The minimum absolute atomic E-state index is 0.0624. The Morgan fingerprint density at radius 2 is 1.55 bits per heavy atom. The van der Waals surface area contributed by atoms with Gasteiger partial charge in [0.15, 0.2) is 0 Å². The zero-order chi connectivity index (χ0) is 20.4. The van der Waals surface area contributed by atoms with E-state index in [1.54, 1.807) is 25.1 Å². The quantitative estimate of drug-likeness (QED) is 0.497. The van der Waals surface area contributed by atoms with Crippen molar-refractivity contribution in [2.45, 2.75) is 6.92 Å². The number of rotatable bonds is 4. The van der Waals surface area contributed by atoms with Crippen molar-refractivity contribution >= 4 is 16.7 Å². The highest BCUT2D eigenvalue weighted by molar-refractivity contribution is 6.11. The van der Waals surface area contributed by atoms with Gasteiger partial charge in [-0.1, -0.05) is 60.7 Å². The second kappa shape index (κ2) is 7.64. The Morgan fingerprint density at radius 1 is 0.931 bits per heavy atom. The van der Waals surface area contributed by atoms with Gasteiger partial charge in [0, 0.05) is 5.39 Å². The predicted octanol–water partition coefficient (Wildman–Crippen LogP) is 4.74. The SMILES string of the molecule is CCOC(=O)c1c(-c2ccccc2)[nH]c(=O)c2c(O)cc(-c3ccccc3)cc12. The second-order valence-corrected chi connectivity index (χ2v) is 6.57. The molecule has 29 heavy (non-hydrogen) atoms. The fraction of sp³-hybridized carbons (Fsp3) is 0.0833. The van der Waals surface area contributed by atoms with E-state index in [0.717, 1.165) is 5.56 Å². The molecular formula is C24H19NO4. The van der Waals surface area contributed by atoms with E-state index < -0.39 is 11.5 Å². The third-order valence-electron chi connectivity index (χ3n) is 4.75. The number of fused-ring (bicyclic) bond motifs is 1. The van der Waals surface area contributed by atoms with E-state index in [0.29, 0.717) is 22.2 Å². The van der Waals surface area contributed by atoms with Crippen LogP contribution < -0.4 is 5.56 Å². The van der Waals surface area contributed by atoms with Crippen LogP contribution in [0.25, 0.3) is 33.2 Å². The molecule has 5 nitrogen and oxygen atoms in total. The van der Waals surface area contributed by atoms with Gasteiger partial charge in [0.2, 0.25) is 0 Å². The Balaban J connectivity index is 2.11. The van der Waals surface area contributed by atoms with Gasteiger partial charge in [-0.25, -0.2) is 4.79 Å². The first-order valence-corrected chi connectivity index (χ1v) is 9.31. The maximum atomic E-state index is 12.9. The van der Waals surface area contributed by atoms with E-state index in [2.05, 4.69) is 4.98 Å². The first-order valence-electron chi connectivity index (χ1n) is 9.31. The van der Waals surface area contributed by atoms with Gasteiger partial charge < -0.3 is 14.8 Å². The van der Waals surface area contributed by atoms with Gasteiger partial charge in [0.1, 0.15) is 5.75 Å². The Kier molecular flexibility index (Phi) is 4.87. The number of benzene rings is 3. The lowest BCUT2D eigenvalue weighted by Gasteiger charge is -2.14. The van der Waals surface area contributed by atoms with Crippen LogP contribution in [0.15, 0.2) is 77.6 Å². The average molecular weight is 385 g/mol. The van der Waals surface area contributed by atoms with Crippen LogP contribution in [-0.4, -0.2) is 22.7 Å². The number of phenols is 1. The summed E-state index contributed by atoms with van der Waals surface area (Å²) in [4.78, 5) is 28.5. The monoisotopic (exact) mass is 385 g/mol. The molecule has 1 heterocycles. The number of nitrogens with one attached hydrogen (secondary N) is 1. The molecule has 0 atom stereocenters. The van der Waals surface area contributed by atoms with Gasteiger partial charge in [-0.3, -0.25) is 4.79 Å². The molecule has 2 N–H and O–H groups in total. The van der Waals surface area contributed by atoms with E-state index in [1.807, 2.05) is 48.5 Å². The molecular weight excluding hydrogens is 366 g/mol. The van der Waals surface area contributed by atoms with E-state index >= 15 is 0 Å². The molecule has 144 valence electrons. The van der Waals surface area contributed by atoms with Crippen molar-refractivity contribution in [2.75, 3.05) is 6.61 Å². The normalized spacial score (nSPS) is 10.8. The summed E-state index contributed by atoms with van der Waals surface area (Å²) < 4.78 is 5.28. The molecule has 0 saturated heterocycles. The first kappa shape index (κ1) is 18.5. The number of pyridine rings is 1. The molecule has 0 aliphatic rings. The maximum absolute atomic E-state index is 12.9. The highest BCUT2D eigenvalue weighted by Crippen LogP contribution is 2.35. The topological polar surface area (TPSA) is 79.4 Å². The summed E-state index contributed by atoms with van der Waals surface area (Å²) in [5.74, 6) is -0.745. The van der Waals surface area contributed by atoms with Crippen molar-refractivity contribution in [3.63, 3.8) is 0 Å². The molecule has 4 aromatic rings. The maximum Gasteiger partial charge on any atom is 0.340 e. The number of phenolic OH excluding ortho intramolecular Hbond substituents is 1. The number of aromatic amines is 1. The molecule has 0 amide bonds. The summed E-state index contributed by atoms with van der Waals surface area (Å²) in [7, 11) is 0. The first-order chi connectivity index (χ1) is 14.1. The van der Waals surface area contributed by atoms with E-state index in [1.165, 1.54) is 6.07 Å². The van der Waals surface area contributed by atoms with Crippen LogP contribution in [0.4, 0.5) is 0 Å². The lowest BCUT2D eigenvalue weighted by molar-refractivity contribution is 0.0529. The Hall–Kier alpha value is -3.86. The van der Waals surface area contributed by atoms with Crippen molar-refractivity contribution in [3.05, 3.63) is 88.7 Å². The number of carbonyl (C=O) groups excluding carboxylic acids is 1. The smallest absolute Gasteiger partial charge is 0.340 e. The summed E-state index contributed by atoms with van der Waals surface area (Å²) in [6.45, 7) is 1.92. The molecule has 0 aliphatic heterocycles. The molecule has 0 unspecified atom stereocenters. The fourth-order valence-electron chi connectivity index (χ4n) is 3.47. The van der Waals surface area contributed by atoms with Crippen LogP contribution in [0.1, 0.15) is 17.3 Å². The van der Waals surface area contributed by atoms with Crippen LogP contribution in [-0.2, 0) is 4.74 Å². The van der Waals surface area contributed by atoms with E-state index in [-0.39, 0.29) is 23.3 Å². The minimum Gasteiger partial charge on any atom is -0.507 e. The number of carbonyl (C=O) groups is 1. The average Bonchev–Trinajstić information content (AvgIpc) is 2.74. The second-order valence-electron chi connectivity index (χ2n) is 6.57. The van der Waals surface area contributed by atoms with Crippen molar-refractivity contribution < 1.29 is 14.6 Å². The highest BCUT2D eigenvalue weighted by atomic mass is 16.5. The number of esters is 1. The third-order valence-corrected chi connectivity index (χ3v) is 4.75. The van der Waals surface area contributed by atoms with Gasteiger partial charge in [-0.2, -0.15) is 0 Å². The van der Waals surface area contributed by atoms with Crippen molar-refractivity contribution in [1.82, 2.24) is 4.98 Å². The predicted molar refractivity (Wildman–Crippen MR) is 113 cm³/mol. The number of H-pyrrole nitrogens is 1. The van der Waals surface area contributed by atoms with E-state index in [4.69, 9.17) is 4.74 Å². The molecule has 0 radical (unpaired) electrons. The van der Waals surface area contributed by atoms with Crippen molar-refractivity contribution in [3.8, 4) is 28.1 Å². The van der Waals surface area contributed by atoms with Gasteiger partial charge in [-0.15, -0.1) is 0 Å². The Bertz CT molecular complexity index is 1240. The lowest BCUT2D eigenvalue weighted by Crippen LogP contribution is -2.16. The number of aromatic nitrogens is 1. The summed E-state index contributed by atoms with van der Waals surface area (Å²) in [5.41, 5.74) is 2.36. The van der Waals surface area contributed by atoms with Gasteiger partial charge in [0.25, 0.3) is 5.56 Å². The van der Waals surface area contributed by atoms with Gasteiger partial charge in [0.05, 0.1) is 23.3 Å². The molecule has 0 saturated carbocycles. The van der Waals surface area contributed by atoms with Crippen molar-refractivity contribution in [2.24, 2.45) is 0 Å². The van der Waals surface area contributed by atoms with Crippen molar-refractivity contribution in [1.29, 1.82) is 0 Å². The molecule has 0 aliphatic carbocycles. The minimum atomic E-state index is -0.558. The lowest BCUT2D eigenvalue weighted by atomic mass is 9.95. The summed E-state index contributed by atoms with van der Waals surface area (Å²) in [6, 6.07) is 21.9. The van der Waals surface area contributed by atoms with Gasteiger partial charge >= 0.3 is 5.97 Å².